The van der Waals surface area contributed by atoms with Crippen molar-refractivity contribution in [1.82, 2.24) is 0 Å². The molecule has 21 heavy (non-hydrogen) atoms. The summed E-state index contributed by atoms with van der Waals surface area (Å²) < 4.78 is 0. The van der Waals surface area contributed by atoms with Crippen molar-refractivity contribution in [2.24, 2.45) is 5.92 Å². The highest BCUT2D eigenvalue weighted by Crippen LogP contribution is 2.16. The second kappa shape index (κ2) is 10.2. The quantitative estimate of drug-likeness (QED) is 0.519. The van der Waals surface area contributed by atoms with Gasteiger partial charge in [-0.3, -0.25) is 4.79 Å². The van der Waals surface area contributed by atoms with Crippen LogP contribution < -0.4 is 0 Å². The first-order valence-electron chi connectivity index (χ1n) is 7.31. The van der Waals surface area contributed by atoms with Crippen molar-refractivity contribution in [3.05, 3.63) is 47.1 Å². The minimum atomic E-state index is -0.809. The Labute approximate surface area is 128 Å². The number of rotatable bonds is 8. The molecule has 0 fully saturated rings. The minimum Gasteiger partial charge on any atom is -0.481 e. The fourth-order valence-corrected chi connectivity index (χ4v) is 1.92. The zero-order valence-corrected chi connectivity index (χ0v) is 13.8. The molecular weight excluding hydrogens is 264 g/mol. The lowest BCUT2D eigenvalue weighted by atomic mass is 9.96. The molecule has 0 aromatic rings. The molecule has 0 bridgehead atoms. The summed E-state index contributed by atoms with van der Waals surface area (Å²) in [5, 5.41) is 18.7. The van der Waals surface area contributed by atoms with Gasteiger partial charge >= 0.3 is 5.97 Å². The zero-order valence-electron chi connectivity index (χ0n) is 13.8. The number of hydrogen-bond donors (Lipinski definition) is 2. The van der Waals surface area contributed by atoms with Crippen molar-refractivity contribution in [2.75, 3.05) is 0 Å². The number of carboxylic acids is 1. The average molecular weight is 292 g/mol. The Morgan fingerprint density at radius 3 is 2.33 bits per heavy atom. The SMILES string of the molecule is CC=C(C)C(O)C(C)C=C(C)C=CCC(C)=CCC(=O)O. The Morgan fingerprint density at radius 1 is 1.19 bits per heavy atom. The summed E-state index contributed by atoms with van der Waals surface area (Å²) in [7, 11) is 0. The average Bonchev–Trinajstić information content (AvgIpc) is 2.43. The van der Waals surface area contributed by atoms with E-state index >= 15 is 0 Å². The van der Waals surface area contributed by atoms with Crippen LogP contribution in [0.4, 0.5) is 0 Å². The van der Waals surface area contributed by atoms with Crippen molar-refractivity contribution < 1.29 is 15.0 Å². The highest BCUT2D eigenvalue weighted by atomic mass is 16.4. The fraction of sp³-hybridized carbons (Fsp3) is 0.500. The maximum atomic E-state index is 10.5. The Morgan fingerprint density at radius 2 is 1.81 bits per heavy atom. The molecule has 0 heterocycles. The van der Waals surface area contributed by atoms with Crippen LogP contribution in [-0.2, 0) is 4.79 Å². The van der Waals surface area contributed by atoms with Gasteiger partial charge in [-0.05, 0) is 39.7 Å². The first-order valence-corrected chi connectivity index (χ1v) is 7.31. The van der Waals surface area contributed by atoms with Gasteiger partial charge in [0.1, 0.15) is 0 Å². The Kier molecular flexibility index (Phi) is 9.39. The van der Waals surface area contributed by atoms with Gasteiger partial charge in [0.15, 0.2) is 0 Å². The second-order valence-corrected chi connectivity index (χ2v) is 5.50. The third kappa shape index (κ3) is 9.03. The third-order valence-corrected chi connectivity index (χ3v) is 3.39. The molecule has 2 unspecified atom stereocenters. The maximum absolute atomic E-state index is 10.5. The predicted octanol–water partition coefficient (Wildman–Crippen LogP) is 4.26. The van der Waals surface area contributed by atoms with E-state index in [-0.39, 0.29) is 12.3 Å². The van der Waals surface area contributed by atoms with E-state index in [2.05, 4.69) is 0 Å². The number of aliphatic hydroxyl groups excluding tert-OH is 1. The van der Waals surface area contributed by atoms with Crippen molar-refractivity contribution >= 4 is 5.97 Å². The largest absolute Gasteiger partial charge is 0.481 e. The molecule has 0 amide bonds. The first kappa shape index (κ1) is 19.4. The number of aliphatic hydroxyl groups is 1. The summed E-state index contributed by atoms with van der Waals surface area (Å²) in [6, 6.07) is 0. The molecule has 0 saturated heterocycles. The molecule has 0 aliphatic rings. The van der Waals surface area contributed by atoms with Crippen LogP contribution in [0.3, 0.4) is 0 Å². The molecule has 0 rings (SSSR count). The highest BCUT2D eigenvalue weighted by Gasteiger charge is 2.12. The van der Waals surface area contributed by atoms with E-state index in [4.69, 9.17) is 5.11 Å². The maximum Gasteiger partial charge on any atom is 0.307 e. The van der Waals surface area contributed by atoms with Gasteiger partial charge in [0.25, 0.3) is 0 Å². The lowest BCUT2D eigenvalue weighted by Crippen LogP contribution is -2.17. The van der Waals surface area contributed by atoms with Crippen LogP contribution in [-0.4, -0.2) is 22.3 Å². The summed E-state index contributed by atoms with van der Waals surface area (Å²) in [4.78, 5) is 10.5. The van der Waals surface area contributed by atoms with Crippen LogP contribution in [0, 0.1) is 5.92 Å². The number of hydrogen-bond acceptors (Lipinski definition) is 2. The van der Waals surface area contributed by atoms with E-state index < -0.39 is 12.1 Å². The number of carboxylic acid groups (broad SMARTS) is 1. The van der Waals surface area contributed by atoms with Gasteiger partial charge in [0.2, 0.25) is 0 Å². The molecule has 0 saturated carbocycles. The van der Waals surface area contributed by atoms with Crippen molar-refractivity contribution in [1.29, 1.82) is 0 Å². The topological polar surface area (TPSA) is 57.5 Å². The Bertz CT molecular complexity index is 453. The van der Waals surface area contributed by atoms with Gasteiger partial charge in [-0.1, -0.05) is 48.5 Å². The van der Waals surface area contributed by atoms with Crippen LogP contribution in [0.2, 0.25) is 0 Å². The van der Waals surface area contributed by atoms with Gasteiger partial charge in [-0.2, -0.15) is 0 Å². The number of carbonyl (C=O) groups is 1. The van der Waals surface area contributed by atoms with Crippen molar-refractivity contribution in [3.63, 3.8) is 0 Å². The third-order valence-electron chi connectivity index (χ3n) is 3.39. The van der Waals surface area contributed by atoms with Gasteiger partial charge < -0.3 is 10.2 Å². The lowest BCUT2D eigenvalue weighted by Gasteiger charge is -2.16. The minimum absolute atomic E-state index is 0.0644. The van der Waals surface area contributed by atoms with Crippen LogP contribution >= 0.6 is 0 Å². The molecule has 0 spiro atoms. The lowest BCUT2D eigenvalue weighted by molar-refractivity contribution is -0.136. The fourth-order valence-electron chi connectivity index (χ4n) is 1.92. The summed E-state index contributed by atoms with van der Waals surface area (Å²) in [6.45, 7) is 9.77. The smallest absolute Gasteiger partial charge is 0.307 e. The molecule has 0 aliphatic heterocycles. The van der Waals surface area contributed by atoms with Crippen LogP contribution in [0.25, 0.3) is 0 Å². The zero-order chi connectivity index (χ0) is 16.4. The number of allylic oxidation sites excluding steroid dienone is 5. The molecule has 2 atom stereocenters. The summed E-state index contributed by atoms with van der Waals surface area (Å²) >= 11 is 0. The van der Waals surface area contributed by atoms with Crippen molar-refractivity contribution in [3.8, 4) is 0 Å². The molecule has 3 heteroatoms. The molecule has 0 aromatic heterocycles. The second-order valence-electron chi connectivity index (χ2n) is 5.50. The van der Waals surface area contributed by atoms with E-state index in [1.165, 1.54) is 0 Å². The molecule has 118 valence electrons. The van der Waals surface area contributed by atoms with Crippen molar-refractivity contribution in [2.45, 2.75) is 53.6 Å². The van der Waals surface area contributed by atoms with Crippen LogP contribution in [0.1, 0.15) is 47.5 Å². The Balaban J connectivity index is 4.50. The molecule has 0 aliphatic carbocycles. The Hall–Kier alpha value is -1.61. The monoisotopic (exact) mass is 292 g/mol. The standard InChI is InChI=1S/C18H28O3/c1-6-15(4)18(21)16(5)12-14(3)9-7-8-13(2)10-11-17(19)20/h6-7,9-10,12,16,18,21H,8,11H2,1-5H3,(H,19,20). The van der Waals surface area contributed by atoms with E-state index in [9.17, 15) is 9.90 Å². The molecule has 0 radical (unpaired) electrons. The first-order chi connectivity index (χ1) is 9.77. The predicted molar refractivity (Wildman–Crippen MR) is 88.1 cm³/mol. The van der Waals surface area contributed by atoms with Gasteiger partial charge in [-0.25, -0.2) is 0 Å². The summed E-state index contributed by atoms with van der Waals surface area (Å²) in [5.74, 6) is -0.744. The van der Waals surface area contributed by atoms with Crippen LogP contribution in [0.15, 0.2) is 47.1 Å². The highest BCUT2D eigenvalue weighted by molar-refractivity contribution is 5.68. The molecule has 0 aromatic carbocycles. The van der Waals surface area contributed by atoms with Gasteiger partial charge in [0.05, 0.1) is 12.5 Å². The van der Waals surface area contributed by atoms with E-state index in [0.717, 1.165) is 23.1 Å². The normalized spacial score (nSPS) is 17.1. The summed E-state index contributed by atoms with van der Waals surface area (Å²) in [6.07, 6.45) is 10.1. The molecule has 2 N–H and O–H groups in total. The molecular formula is C18H28O3. The summed E-state index contributed by atoms with van der Waals surface area (Å²) in [5.41, 5.74) is 3.11. The number of aliphatic carboxylic acids is 1. The van der Waals surface area contributed by atoms with E-state index in [0.29, 0.717) is 0 Å². The van der Waals surface area contributed by atoms with E-state index in [1.54, 1.807) is 6.08 Å². The van der Waals surface area contributed by atoms with Crippen LogP contribution in [0.5, 0.6) is 0 Å². The van der Waals surface area contributed by atoms with Gasteiger partial charge in [0, 0.05) is 5.92 Å². The molecule has 3 nitrogen and oxygen atoms in total. The van der Waals surface area contributed by atoms with Gasteiger partial charge in [-0.15, -0.1) is 0 Å². The van der Waals surface area contributed by atoms with E-state index in [1.807, 2.05) is 58.9 Å².